The second-order valence-corrected chi connectivity index (χ2v) is 6.70. The van der Waals surface area contributed by atoms with Crippen LogP contribution in [0.25, 0.3) is 16.5 Å². The molecule has 2 aromatic carbocycles. The second-order valence-electron chi connectivity index (χ2n) is 5.78. The molecule has 0 radical (unpaired) electrons. The molecule has 8 heteroatoms. The summed E-state index contributed by atoms with van der Waals surface area (Å²) in [5, 5.41) is 19.1. The maximum Gasteiger partial charge on any atom is 0.259 e. The van der Waals surface area contributed by atoms with Crippen molar-refractivity contribution in [1.29, 1.82) is 5.41 Å². The molecule has 0 unspecified atom stereocenters. The molecule has 4 rings (SSSR count). The molecule has 0 atom stereocenters. The predicted octanol–water partition coefficient (Wildman–Crippen LogP) is 3.59. The Labute approximate surface area is 155 Å². The fourth-order valence-electron chi connectivity index (χ4n) is 2.94. The lowest BCUT2D eigenvalue weighted by Gasteiger charge is -2.19. The standard InChI is InChI=1S/C18H12BrFN4O2/c19-9-5-6-10-12(7-9)22-17(23-18(10)26)15-14(25)8-24(16(15)21)13-4-2-1-3-11(13)20/h1-7,21,25H,8H2,(H,22,23,26). The summed E-state index contributed by atoms with van der Waals surface area (Å²) in [5.41, 5.74) is 0.294. The fourth-order valence-corrected chi connectivity index (χ4v) is 3.28. The third kappa shape index (κ3) is 2.59. The Morgan fingerprint density at radius 2 is 2.04 bits per heavy atom. The van der Waals surface area contributed by atoms with Gasteiger partial charge in [0.1, 0.15) is 23.2 Å². The SMILES string of the molecule is N=C1C(c2nc3cc(Br)ccc3c(=O)[nH]2)=C(O)CN1c1ccccc1F. The summed E-state index contributed by atoms with van der Waals surface area (Å²) in [5.74, 6) is -0.724. The summed E-state index contributed by atoms with van der Waals surface area (Å²) in [6, 6.07) is 11.0. The first-order chi connectivity index (χ1) is 12.5. The van der Waals surface area contributed by atoms with E-state index in [1.54, 1.807) is 30.3 Å². The zero-order valence-corrected chi connectivity index (χ0v) is 14.8. The van der Waals surface area contributed by atoms with Gasteiger partial charge in [-0.25, -0.2) is 9.37 Å². The minimum absolute atomic E-state index is 0.0712. The van der Waals surface area contributed by atoms with E-state index in [9.17, 15) is 14.3 Å². The highest BCUT2D eigenvalue weighted by Crippen LogP contribution is 2.31. The molecule has 0 fully saturated rings. The lowest BCUT2D eigenvalue weighted by molar-refractivity contribution is 0.411. The fraction of sp³-hybridized carbons (Fsp3) is 0.0556. The number of benzene rings is 2. The zero-order chi connectivity index (χ0) is 18.4. The molecule has 6 nitrogen and oxygen atoms in total. The van der Waals surface area contributed by atoms with Gasteiger partial charge < -0.3 is 15.0 Å². The van der Waals surface area contributed by atoms with Crippen molar-refractivity contribution < 1.29 is 9.50 Å². The molecular formula is C18H12BrFN4O2. The Balaban J connectivity index is 1.82. The molecule has 3 aromatic rings. The molecule has 0 aliphatic carbocycles. The van der Waals surface area contributed by atoms with Crippen molar-refractivity contribution >= 4 is 43.9 Å². The van der Waals surface area contributed by atoms with E-state index >= 15 is 0 Å². The molecule has 1 aromatic heterocycles. The van der Waals surface area contributed by atoms with Crippen LogP contribution in [-0.2, 0) is 0 Å². The summed E-state index contributed by atoms with van der Waals surface area (Å²) in [4.78, 5) is 20.6. The van der Waals surface area contributed by atoms with Crippen LogP contribution in [0.3, 0.4) is 0 Å². The Bertz CT molecular complexity index is 1160. The van der Waals surface area contributed by atoms with Crippen LogP contribution in [0.4, 0.5) is 10.1 Å². The molecule has 0 amide bonds. The number of aromatic nitrogens is 2. The largest absolute Gasteiger partial charge is 0.509 e. The smallest absolute Gasteiger partial charge is 0.259 e. The Kier molecular flexibility index (Phi) is 3.84. The molecule has 2 heterocycles. The van der Waals surface area contributed by atoms with Gasteiger partial charge in [-0.1, -0.05) is 28.1 Å². The zero-order valence-electron chi connectivity index (χ0n) is 13.3. The van der Waals surface area contributed by atoms with Crippen molar-refractivity contribution in [3.05, 3.63) is 74.7 Å². The van der Waals surface area contributed by atoms with Crippen molar-refractivity contribution in [2.45, 2.75) is 0 Å². The highest BCUT2D eigenvalue weighted by Gasteiger charge is 2.32. The number of para-hydroxylation sites is 1. The van der Waals surface area contributed by atoms with Gasteiger partial charge in [0.05, 0.1) is 28.7 Å². The van der Waals surface area contributed by atoms with Gasteiger partial charge in [-0.05, 0) is 30.3 Å². The van der Waals surface area contributed by atoms with E-state index in [2.05, 4.69) is 25.9 Å². The molecule has 0 saturated carbocycles. The van der Waals surface area contributed by atoms with Crippen LogP contribution in [0.1, 0.15) is 5.82 Å². The van der Waals surface area contributed by atoms with E-state index in [4.69, 9.17) is 5.41 Å². The van der Waals surface area contributed by atoms with E-state index < -0.39 is 5.82 Å². The molecule has 26 heavy (non-hydrogen) atoms. The van der Waals surface area contributed by atoms with Gasteiger partial charge in [0.15, 0.2) is 0 Å². The van der Waals surface area contributed by atoms with Gasteiger partial charge in [0.25, 0.3) is 5.56 Å². The first kappa shape index (κ1) is 16.5. The van der Waals surface area contributed by atoms with Gasteiger partial charge in [0, 0.05) is 4.47 Å². The Morgan fingerprint density at radius 1 is 1.27 bits per heavy atom. The summed E-state index contributed by atoms with van der Waals surface area (Å²) >= 11 is 3.33. The van der Waals surface area contributed by atoms with Crippen LogP contribution in [0.15, 0.2) is 57.5 Å². The second kappa shape index (κ2) is 6.06. The van der Waals surface area contributed by atoms with Crippen molar-refractivity contribution in [3.63, 3.8) is 0 Å². The number of anilines is 1. The third-order valence-electron chi connectivity index (χ3n) is 4.15. The highest BCUT2D eigenvalue weighted by atomic mass is 79.9. The van der Waals surface area contributed by atoms with E-state index in [1.807, 2.05) is 0 Å². The minimum atomic E-state index is -0.504. The summed E-state index contributed by atoms with van der Waals surface area (Å²) in [6.07, 6.45) is 0. The number of nitrogens with one attached hydrogen (secondary N) is 2. The normalized spacial score (nSPS) is 14.5. The topological polar surface area (TPSA) is 93.1 Å². The van der Waals surface area contributed by atoms with Crippen molar-refractivity contribution in [2.24, 2.45) is 0 Å². The number of aliphatic hydroxyl groups is 1. The van der Waals surface area contributed by atoms with Gasteiger partial charge >= 0.3 is 0 Å². The first-order valence-electron chi connectivity index (χ1n) is 7.69. The number of amidine groups is 1. The maximum atomic E-state index is 14.1. The number of rotatable bonds is 2. The number of fused-ring (bicyclic) bond motifs is 1. The maximum absolute atomic E-state index is 14.1. The van der Waals surface area contributed by atoms with Gasteiger partial charge in [0.2, 0.25) is 0 Å². The van der Waals surface area contributed by atoms with Crippen LogP contribution >= 0.6 is 15.9 Å². The van der Waals surface area contributed by atoms with Crippen LogP contribution in [0.2, 0.25) is 0 Å². The van der Waals surface area contributed by atoms with Crippen molar-refractivity contribution in [1.82, 2.24) is 9.97 Å². The Hall–Kier alpha value is -3.00. The number of nitrogens with zero attached hydrogens (tertiary/aromatic N) is 2. The monoisotopic (exact) mass is 414 g/mol. The van der Waals surface area contributed by atoms with Gasteiger partial charge in [-0.3, -0.25) is 10.2 Å². The van der Waals surface area contributed by atoms with Crippen LogP contribution in [0.5, 0.6) is 0 Å². The quantitative estimate of drug-likeness (QED) is 0.597. The highest BCUT2D eigenvalue weighted by molar-refractivity contribution is 9.10. The minimum Gasteiger partial charge on any atom is -0.509 e. The summed E-state index contributed by atoms with van der Waals surface area (Å²) in [6.45, 7) is -0.0741. The molecule has 0 saturated heterocycles. The lowest BCUT2D eigenvalue weighted by atomic mass is 10.2. The van der Waals surface area contributed by atoms with Gasteiger partial charge in [-0.2, -0.15) is 0 Å². The molecule has 0 bridgehead atoms. The molecule has 130 valence electrons. The van der Waals surface area contributed by atoms with E-state index in [0.29, 0.717) is 10.9 Å². The average Bonchev–Trinajstić information content (AvgIpc) is 2.89. The summed E-state index contributed by atoms with van der Waals surface area (Å²) in [7, 11) is 0. The van der Waals surface area contributed by atoms with Gasteiger partial charge in [-0.15, -0.1) is 0 Å². The lowest BCUT2D eigenvalue weighted by Crippen LogP contribution is -2.27. The van der Waals surface area contributed by atoms with Crippen LogP contribution in [0, 0.1) is 11.2 Å². The van der Waals surface area contributed by atoms with E-state index in [1.165, 1.54) is 17.0 Å². The average molecular weight is 415 g/mol. The first-order valence-corrected chi connectivity index (χ1v) is 8.48. The number of H-pyrrole nitrogens is 1. The number of hydrogen-bond acceptors (Lipinski definition) is 4. The van der Waals surface area contributed by atoms with Crippen molar-refractivity contribution in [2.75, 3.05) is 11.4 Å². The van der Waals surface area contributed by atoms with Crippen LogP contribution < -0.4 is 10.5 Å². The number of aliphatic hydroxyl groups excluding tert-OH is 1. The van der Waals surface area contributed by atoms with Crippen LogP contribution in [-0.4, -0.2) is 27.5 Å². The van der Waals surface area contributed by atoms with E-state index in [-0.39, 0.29) is 40.8 Å². The molecule has 3 N–H and O–H groups in total. The molecular weight excluding hydrogens is 403 g/mol. The van der Waals surface area contributed by atoms with E-state index in [0.717, 1.165) is 4.47 Å². The summed E-state index contributed by atoms with van der Waals surface area (Å²) < 4.78 is 14.8. The molecule has 0 spiro atoms. The predicted molar refractivity (Wildman–Crippen MR) is 101 cm³/mol. The Morgan fingerprint density at radius 3 is 2.81 bits per heavy atom. The number of hydrogen-bond donors (Lipinski definition) is 3. The number of halogens is 2. The number of aromatic amines is 1. The molecule has 1 aliphatic rings. The molecule has 1 aliphatic heterocycles. The third-order valence-corrected chi connectivity index (χ3v) is 4.65. The van der Waals surface area contributed by atoms with Crippen molar-refractivity contribution in [3.8, 4) is 0 Å².